The third kappa shape index (κ3) is 3.45. The third-order valence-electron chi connectivity index (χ3n) is 2.38. The summed E-state index contributed by atoms with van der Waals surface area (Å²) in [6.45, 7) is 3.32. The van der Waals surface area contributed by atoms with Gasteiger partial charge in [0.2, 0.25) is 5.95 Å². The van der Waals surface area contributed by atoms with Gasteiger partial charge in [-0.05, 0) is 38.1 Å². The molecule has 1 amide bonds. The van der Waals surface area contributed by atoms with Crippen molar-refractivity contribution in [3.8, 4) is 5.75 Å². The van der Waals surface area contributed by atoms with Gasteiger partial charge in [-0.15, -0.1) is 0 Å². The average molecular weight is 281 g/mol. The topological polar surface area (TPSA) is 79.9 Å². The van der Waals surface area contributed by atoms with Crippen molar-refractivity contribution >= 4 is 23.5 Å². The highest BCUT2D eigenvalue weighted by Gasteiger charge is 2.30. The fraction of sp³-hybridized carbons (Fsp3) is 0.250. The van der Waals surface area contributed by atoms with Crippen LogP contribution < -0.4 is 10.1 Å². The SMILES string of the molecule is CC(C)(Oc1ccc(Cl)cc1)C(=O)Nc1ncn[nH]1. The van der Waals surface area contributed by atoms with Gasteiger partial charge in [0.05, 0.1) is 0 Å². The van der Waals surface area contributed by atoms with E-state index < -0.39 is 5.60 Å². The summed E-state index contributed by atoms with van der Waals surface area (Å²) in [6, 6.07) is 6.79. The summed E-state index contributed by atoms with van der Waals surface area (Å²) in [5.41, 5.74) is -1.05. The van der Waals surface area contributed by atoms with Gasteiger partial charge in [0.25, 0.3) is 5.91 Å². The van der Waals surface area contributed by atoms with E-state index in [1.165, 1.54) is 6.33 Å². The monoisotopic (exact) mass is 280 g/mol. The highest BCUT2D eigenvalue weighted by atomic mass is 35.5. The fourth-order valence-corrected chi connectivity index (χ4v) is 1.49. The Morgan fingerprint density at radius 2 is 2.05 bits per heavy atom. The standard InChI is InChI=1S/C12H13ClN4O2/c1-12(2,10(18)16-11-14-7-15-17-11)19-9-5-3-8(13)4-6-9/h3-7H,1-2H3,(H2,14,15,16,17,18). The number of halogens is 1. The fourth-order valence-electron chi connectivity index (χ4n) is 1.37. The van der Waals surface area contributed by atoms with Crippen LogP contribution in [-0.2, 0) is 4.79 Å². The van der Waals surface area contributed by atoms with Crippen LogP contribution in [0.4, 0.5) is 5.95 Å². The predicted octanol–water partition coefficient (Wildman–Crippen LogP) is 2.25. The highest BCUT2D eigenvalue weighted by molar-refractivity contribution is 6.30. The molecule has 2 aromatic rings. The summed E-state index contributed by atoms with van der Waals surface area (Å²) in [5, 5.41) is 9.37. The second kappa shape index (κ2) is 5.27. The smallest absolute Gasteiger partial charge is 0.270 e. The average Bonchev–Trinajstić information content (AvgIpc) is 2.84. The molecular weight excluding hydrogens is 268 g/mol. The van der Waals surface area contributed by atoms with Gasteiger partial charge in [-0.2, -0.15) is 10.1 Å². The number of aromatic amines is 1. The molecule has 0 spiro atoms. The first-order chi connectivity index (χ1) is 8.97. The van der Waals surface area contributed by atoms with Gasteiger partial charge in [0.1, 0.15) is 12.1 Å². The molecule has 0 bridgehead atoms. The van der Waals surface area contributed by atoms with Crippen LogP contribution in [0.25, 0.3) is 0 Å². The second-order valence-corrected chi connectivity index (χ2v) is 4.79. The molecule has 0 aliphatic carbocycles. The Kier molecular flexibility index (Phi) is 3.71. The number of ether oxygens (including phenoxy) is 1. The summed E-state index contributed by atoms with van der Waals surface area (Å²) in [4.78, 5) is 15.9. The van der Waals surface area contributed by atoms with Crippen molar-refractivity contribution in [1.82, 2.24) is 15.2 Å². The van der Waals surface area contributed by atoms with Crippen LogP contribution in [0.2, 0.25) is 5.02 Å². The molecule has 100 valence electrons. The Bertz CT molecular complexity index is 552. The lowest BCUT2D eigenvalue weighted by atomic mass is 10.1. The zero-order chi connectivity index (χ0) is 13.9. The van der Waals surface area contributed by atoms with Crippen LogP contribution >= 0.6 is 11.6 Å². The molecule has 0 fully saturated rings. The molecule has 0 unspecified atom stereocenters. The number of amides is 1. The van der Waals surface area contributed by atoms with Crippen LogP contribution in [0.1, 0.15) is 13.8 Å². The van der Waals surface area contributed by atoms with Crippen molar-refractivity contribution in [3.63, 3.8) is 0 Å². The first-order valence-electron chi connectivity index (χ1n) is 5.59. The maximum atomic E-state index is 12.1. The van der Waals surface area contributed by atoms with Crippen molar-refractivity contribution in [2.75, 3.05) is 5.32 Å². The van der Waals surface area contributed by atoms with E-state index >= 15 is 0 Å². The van der Waals surface area contributed by atoms with Crippen LogP contribution in [0, 0.1) is 0 Å². The number of carbonyl (C=O) groups is 1. The van der Waals surface area contributed by atoms with Crippen molar-refractivity contribution < 1.29 is 9.53 Å². The number of nitrogens with one attached hydrogen (secondary N) is 2. The molecule has 0 radical (unpaired) electrons. The normalized spacial score (nSPS) is 11.1. The number of benzene rings is 1. The predicted molar refractivity (Wildman–Crippen MR) is 71.2 cm³/mol. The first-order valence-corrected chi connectivity index (χ1v) is 5.96. The van der Waals surface area contributed by atoms with E-state index in [1.54, 1.807) is 38.1 Å². The molecule has 0 aliphatic heterocycles. The summed E-state index contributed by atoms with van der Waals surface area (Å²) in [5.74, 6) is 0.499. The minimum Gasteiger partial charge on any atom is -0.478 e. The summed E-state index contributed by atoms with van der Waals surface area (Å²) < 4.78 is 5.63. The summed E-state index contributed by atoms with van der Waals surface area (Å²) in [7, 11) is 0. The number of H-pyrrole nitrogens is 1. The van der Waals surface area contributed by atoms with Crippen LogP contribution in [0.3, 0.4) is 0 Å². The number of carbonyl (C=O) groups excluding carboxylic acids is 1. The Morgan fingerprint density at radius 3 is 2.63 bits per heavy atom. The maximum Gasteiger partial charge on any atom is 0.270 e. The molecule has 0 atom stereocenters. The summed E-state index contributed by atoms with van der Waals surface area (Å²) in [6.07, 6.45) is 1.31. The Balaban J connectivity index is 2.04. The number of hydrogen-bond donors (Lipinski definition) is 2. The number of nitrogens with zero attached hydrogens (tertiary/aromatic N) is 2. The van der Waals surface area contributed by atoms with E-state index in [1.807, 2.05) is 0 Å². The molecule has 0 aliphatic rings. The van der Waals surface area contributed by atoms with Crippen molar-refractivity contribution in [1.29, 1.82) is 0 Å². The Labute approximate surface area is 115 Å². The molecule has 2 rings (SSSR count). The molecule has 19 heavy (non-hydrogen) atoms. The number of hydrogen-bond acceptors (Lipinski definition) is 4. The van der Waals surface area contributed by atoms with E-state index in [9.17, 15) is 4.79 Å². The number of rotatable bonds is 4. The summed E-state index contributed by atoms with van der Waals surface area (Å²) >= 11 is 5.79. The highest BCUT2D eigenvalue weighted by Crippen LogP contribution is 2.21. The molecule has 1 aromatic carbocycles. The molecule has 2 N–H and O–H groups in total. The van der Waals surface area contributed by atoms with Gasteiger partial charge < -0.3 is 4.74 Å². The van der Waals surface area contributed by atoms with E-state index in [0.29, 0.717) is 10.8 Å². The van der Waals surface area contributed by atoms with Gasteiger partial charge in [-0.25, -0.2) is 5.10 Å². The maximum absolute atomic E-state index is 12.1. The van der Waals surface area contributed by atoms with E-state index in [4.69, 9.17) is 16.3 Å². The zero-order valence-corrected chi connectivity index (χ0v) is 11.2. The van der Waals surface area contributed by atoms with Crippen LogP contribution in [-0.4, -0.2) is 26.7 Å². The number of anilines is 1. The van der Waals surface area contributed by atoms with E-state index in [2.05, 4.69) is 20.5 Å². The first kappa shape index (κ1) is 13.4. The largest absolute Gasteiger partial charge is 0.478 e. The van der Waals surface area contributed by atoms with E-state index in [0.717, 1.165) is 0 Å². The Morgan fingerprint density at radius 1 is 1.37 bits per heavy atom. The third-order valence-corrected chi connectivity index (χ3v) is 2.63. The second-order valence-electron chi connectivity index (χ2n) is 4.35. The van der Waals surface area contributed by atoms with Crippen molar-refractivity contribution in [2.45, 2.75) is 19.4 Å². The molecular formula is C12H13ClN4O2. The van der Waals surface area contributed by atoms with E-state index in [-0.39, 0.29) is 11.9 Å². The van der Waals surface area contributed by atoms with Gasteiger partial charge in [-0.3, -0.25) is 10.1 Å². The minimum atomic E-state index is -1.05. The van der Waals surface area contributed by atoms with Crippen LogP contribution in [0.15, 0.2) is 30.6 Å². The van der Waals surface area contributed by atoms with Gasteiger partial charge in [-0.1, -0.05) is 11.6 Å². The zero-order valence-electron chi connectivity index (χ0n) is 10.5. The lowest BCUT2D eigenvalue weighted by Gasteiger charge is -2.24. The van der Waals surface area contributed by atoms with Gasteiger partial charge in [0, 0.05) is 5.02 Å². The molecule has 1 heterocycles. The van der Waals surface area contributed by atoms with Crippen molar-refractivity contribution in [2.24, 2.45) is 0 Å². The molecule has 6 nitrogen and oxygen atoms in total. The van der Waals surface area contributed by atoms with Crippen LogP contribution in [0.5, 0.6) is 5.75 Å². The molecule has 0 saturated heterocycles. The molecule has 7 heteroatoms. The quantitative estimate of drug-likeness (QED) is 0.900. The lowest BCUT2D eigenvalue weighted by Crippen LogP contribution is -2.42. The molecule has 0 saturated carbocycles. The van der Waals surface area contributed by atoms with Gasteiger partial charge >= 0.3 is 0 Å². The minimum absolute atomic E-state index is 0.276. The Hall–Kier alpha value is -2.08. The van der Waals surface area contributed by atoms with Crippen molar-refractivity contribution in [3.05, 3.63) is 35.6 Å². The molecule has 1 aromatic heterocycles. The lowest BCUT2D eigenvalue weighted by molar-refractivity contribution is -0.128. The number of aromatic nitrogens is 3. The van der Waals surface area contributed by atoms with Gasteiger partial charge in [0.15, 0.2) is 5.60 Å².